The van der Waals surface area contributed by atoms with E-state index >= 15 is 0 Å². The molecule has 0 aliphatic heterocycles. The zero-order chi connectivity index (χ0) is 11.2. The first-order chi connectivity index (χ1) is 7.90. The van der Waals surface area contributed by atoms with Crippen LogP contribution in [0.5, 0.6) is 0 Å². The lowest BCUT2D eigenvalue weighted by Gasteiger charge is -2.15. The molecule has 1 atom stereocenters. The molecule has 16 heavy (non-hydrogen) atoms. The number of rotatable bonds is 6. The van der Waals surface area contributed by atoms with Gasteiger partial charge < -0.3 is 9.73 Å². The molecule has 0 amide bonds. The lowest BCUT2D eigenvalue weighted by atomic mass is 10.1. The monoisotopic (exact) mass is 235 g/mol. The van der Waals surface area contributed by atoms with Gasteiger partial charge in [0, 0.05) is 11.3 Å². The summed E-state index contributed by atoms with van der Waals surface area (Å²) in [6.07, 6.45) is 3.89. The highest BCUT2D eigenvalue weighted by Crippen LogP contribution is 2.21. The summed E-state index contributed by atoms with van der Waals surface area (Å²) in [5, 5.41) is 5.64. The summed E-state index contributed by atoms with van der Waals surface area (Å²) in [5.41, 5.74) is 0. The average molecular weight is 235 g/mol. The van der Waals surface area contributed by atoms with Crippen LogP contribution in [0.2, 0.25) is 0 Å². The molecule has 2 rings (SSSR count). The second-order valence-electron chi connectivity index (χ2n) is 3.81. The van der Waals surface area contributed by atoms with Crippen LogP contribution in [0.4, 0.5) is 0 Å². The van der Waals surface area contributed by atoms with Crippen molar-refractivity contribution in [2.24, 2.45) is 0 Å². The van der Waals surface area contributed by atoms with Crippen LogP contribution >= 0.6 is 11.3 Å². The summed E-state index contributed by atoms with van der Waals surface area (Å²) in [4.78, 5) is 1.39. The van der Waals surface area contributed by atoms with Crippen molar-refractivity contribution in [3.8, 4) is 0 Å². The van der Waals surface area contributed by atoms with Gasteiger partial charge in [0.05, 0.1) is 12.3 Å². The van der Waals surface area contributed by atoms with E-state index in [-0.39, 0.29) is 0 Å². The van der Waals surface area contributed by atoms with Crippen molar-refractivity contribution >= 4 is 11.3 Å². The number of hydrogen-bond acceptors (Lipinski definition) is 3. The summed E-state index contributed by atoms with van der Waals surface area (Å²) >= 11 is 1.80. The molecule has 3 heteroatoms. The maximum absolute atomic E-state index is 5.48. The third-order valence-corrected chi connectivity index (χ3v) is 3.41. The van der Waals surface area contributed by atoms with E-state index in [0.29, 0.717) is 6.04 Å². The number of hydrogen-bond donors (Lipinski definition) is 1. The first kappa shape index (κ1) is 11.4. The van der Waals surface area contributed by atoms with E-state index in [1.54, 1.807) is 17.6 Å². The third-order valence-electron chi connectivity index (χ3n) is 2.51. The van der Waals surface area contributed by atoms with Crippen molar-refractivity contribution < 1.29 is 4.42 Å². The molecule has 0 saturated heterocycles. The maximum atomic E-state index is 5.48. The molecule has 86 valence electrons. The van der Waals surface area contributed by atoms with Crippen LogP contribution in [0.25, 0.3) is 0 Å². The molecule has 0 aliphatic carbocycles. The highest BCUT2D eigenvalue weighted by Gasteiger charge is 2.14. The molecule has 1 N–H and O–H groups in total. The Morgan fingerprint density at radius 1 is 1.38 bits per heavy atom. The normalized spacial score (nSPS) is 12.8. The summed E-state index contributed by atoms with van der Waals surface area (Å²) in [6, 6.07) is 8.56. The molecule has 0 aliphatic rings. The molecule has 0 fully saturated rings. The van der Waals surface area contributed by atoms with Gasteiger partial charge in [-0.3, -0.25) is 0 Å². The van der Waals surface area contributed by atoms with Crippen molar-refractivity contribution in [1.29, 1.82) is 0 Å². The van der Waals surface area contributed by atoms with Crippen LogP contribution < -0.4 is 5.32 Å². The van der Waals surface area contributed by atoms with Crippen LogP contribution in [-0.2, 0) is 6.42 Å². The fraction of sp³-hybridized carbons (Fsp3) is 0.385. The largest absolute Gasteiger partial charge is 0.468 e. The van der Waals surface area contributed by atoms with E-state index in [0.717, 1.165) is 25.1 Å². The molecule has 1 unspecified atom stereocenters. The summed E-state index contributed by atoms with van der Waals surface area (Å²) in [5.74, 6) is 1.03. The molecule has 0 spiro atoms. The fourth-order valence-electron chi connectivity index (χ4n) is 1.71. The van der Waals surface area contributed by atoms with Crippen LogP contribution in [0.3, 0.4) is 0 Å². The van der Waals surface area contributed by atoms with E-state index in [1.807, 2.05) is 12.1 Å². The van der Waals surface area contributed by atoms with Gasteiger partial charge in [0.25, 0.3) is 0 Å². The Morgan fingerprint density at radius 3 is 2.94 bits per heavy atom. The first-order valence-electron chi connectivity index (χ1n) is 5.69. The molecular weight excluding hydrogens is 218 g/mol. The number of furan rings is 1. The quantitative estimate of drug-likeness (QED) is 0.827. The van der Waals surface area contributed by atoms with Gasteiger partial charge in [-0.15, -0.1) is 11.3 Å². The van der Waals surface area contributed by atoms with Crippen LogP contribution in [-0.4, -0.2) is 6.54 Å². The van der Waals surface area contributed by atoms with Gasteiger partial charge in [0.2, 0.25) is 0 Å². The minimum absolute atomic E-state index is 0.300. The zero-order valence-corrected chi connectivity index (χ0v) is 10.3. The van der Waals surface area contributed by atoms with Crippen LogP contribution in [0.15, 0.2) is 40.3 Å². The van der Waals surface area contributed by atoms with E-state index in [1.165, 1.54) is 4.88 Å². The number of thiophene rings is 1. The molecule has 0 aromatic carbocycles. The molecule has 2 aromatic rings. The predicted molar refractivity (Wildman–Crippen MR) is 67.8 cm³/mol. The van der Waals surface area contributed by atoms with E-state index in [2.05, 4.69) is 29.8 Å². The first-order valence-corrected chi connectivity index (χ1v) is 6.57. The Balaban J connectivity index is 2.03. The van der Waals surface area contributed by atoms with E-state index < -0.39 is 0 Å². The van der Waals surface area contributed by atoms with Gasteiger partial charge in [-0.25, -0.2) is 0 Å². The predicted octanol–water partition coefficient (Wildman–Crippen LogP) is 3.62. The Hall–Kier alpha value is -1.06. The van der Waals surface area contributed by atoms with Crippen molar-refractivity contribution in [2.45, 2.75) is 25.8 Å². The van der Waals surface area contributed by atoms with Gasteiger partial charge in [-0.05, 0) is 36.5 Å². The second-order valence-corrected chi connectivity index (χ2v) is 4.84. The molecule has 2 aromatic heterocycles. The summed E-state index contributed by atoms with van der Waals surface area (Å²) in [6.45, 7) is 3.20. The Kier molecular flexibility index (Phi) is 4.19. The van der Waals surface area contributed by atoms with Gasteiger partial charge in [-0.1, -0.05) is 13.0 Å². The summed E-state index contributed by atoms with van der Waals surface area (Å²) < 4.78 is 5.48. The topological polar surface area (TPSA) is 25.2 Å². The Bertz CT molecular complexity index is 380. The van der Waals surface area contributed by atoms with Crippen molar-refractivity contribution in [1.82, 2.24) is 5.32 Å². The summed E-state index contributed by atoms with van der Waals surface area (Å²) in [7, 11) is 0. The fourth-order valence-corrected chi connectivity index (χ4v) is 2.46. The van der Waals surface area contributed by atoms with Crippen LogP contribution in [0, 0.1) is 0 Å². The second kappa shape index (κ2) is 5.87. The highest BCUT2D eigenvalue weighted by molar-refractivity contribution is 7.09. The molecule has 0 bridgehead atoms. The molecule has 0 saturated carbocycles. The highest BCUT2D eigenvalue weighted by atomic mass is 32.1. The standard InChI is InChI=1S/C13H17NOS/c1-2-7-14-12(13-6-3-8-15-13)10-11-5-4-9-16-11/h3-6,8-9,12,14H,2,7,10H2,1H3. The van der Waals surface area contributed by atoms with E-state index in [9.17, 15) is 0 Å². The Labute approximate surface area is 100 Å². The van der Waals surface area contributed by atoms with Gasteiger partial charge in [0.1, 0.15) is 5.76 Å². The minimum Gasteiger partial charge on any atom is -0.468 e. The lowest BCUT2D eigenvalue weighted by Crippen LogP contribution is -2.23. The third kappa shape index (κ3) is 2.97. The zero-order valence-electron chi connectivity index (χ0n) is 9.48. The smallest absolute Gasteiger partial charge is 0.121 e. The maximum Gasteiger partial charge on any atom is 0.121 e. The van der Waals surface area contributed by atoms with Gasteiger partial charge in [0.15, 0.2) is 0 Å². The van der Waals surface area contributed by atoms with Gasteiger partial charge in [-0.2, -0.15) is 0 Å². The average Bonchev–Trinajstić information content (AvgIpc) is 2.96. The number of nitrogens with one attached hydrogen (secondary N) is 1. The SMILES string of the molecule is CCCNC(Cc1cccs1)c1ccco1. The molecular formula is C13H17NOS. The van der Waals surface area contributed by atoms with Crippen molar-refractivity contribution in [2.75, 3.05) is 6.54 Å². The van der Waals surface area contributed by atoms with Crippen molar-refractivity contribution in [3.63, 3.8) is 0 Å². The van der Waals surface area contributed by atoms with Gasteiger partial charge >= 0.3 is 0 Å². The Morgan fingerprint density at radius 2 is 2.31 bits per heavy atom. The molecule has 0 radical (unpaired) electrons. The van der Waals surface area contributed by atoms with E-state index in [4.69, 9.17) is 4.42 Å². The van der Waals surface area contributed by atoms with Crippen molar-refractivity contribution in [3.05, 3.63) is 46.5 Å². The molecule has 2 nitrogen and oxygen atoms in total. The molecule has 2 heterocycles. The van der Waals surface area contributed by atoms with Crippen LogP contribution in [0.1, 0.15) is 30.0 Å². The lowest BCUT2D eigenvalue weighted by molar-refractivity contribution is 0.412. The minimum atomic E-state index is 0.300.